The summed E-state index contributed by atoms with van der Waals surface area (Å²) in [5.74, 6) is 0. The lowest BCUT2D eigenvalue weighted by molar-refractivity contribution is 0.570. The predicted molar refractivity (Wildman–Crippen MR) is 74.6 cm³/mol. The molecule has 1 aromatic carbocycles. The highest BCUT2D eigenvalue weighted by Crippen LogP contribution is 2.24. The van der Waals surface area contributed by atoms with E-state index in [1.807, 2.05) is 0 Å². The van der Waals surface area contributed by atoms with Gasteiger partial charge in [0.2, 0.25) is 10.0 Å². The van der Waals surface area contributed by atoms with Gasteiger partial charge in [-0.25, -0.2) is 21.6 Å². The van der Waals surface area contributed by atoms with Gasteiger partial charge in [0.15, 0.2) is 9.84 Å². The fourth-order valence-electron chi connectivity index (χ4n) is 1.54. The van der Waals surface area contributed by atoms with E-state index in [0.717, 1.165) is 12.3 Å². The van der Waals surface area contributed by atoms with Crippen molar-refractivity contribution in [3.63, 3.8) is 0 Å². The molecule has 0 radical (unpaired) electrons. The zero-order valence-electron chi connectivity index (χ0n) is 11.3. The molecule has 0 heterocycles. The van der Waals surface area contributed by atoms with E-state index in [9.17, 15) is 16.8 Å². The van der Waals surface area contributed by atoms with Crippen LogP contribution in [0.4, 0.5) is 5.69 Å². The van der Waals surface area contributed by atoms with Crippen LogP contribution in [-0.2, 0) is 19.9 Å². The lowest BCUT2D eigenvalue weighted by Gasteiger charge is -2.14. The molecule has 0 aliphatic carbocycles. The molecule has 0 aromatic heterocycles. The maximum Gasteiger partial charge on any atom is 0.242 e. The smallest absolute Gasteiger partial charge is 0.242 e. The maximum atomic E-state index is 12.2. The third-order valence-electron chi connectivity index (χ3n) is 2.33. The molecule has 0 aliphatic rings. The normalized spacial score (nSPS) is 12.7. The van der Waals surface area contributed by atoms with Gasteiger partial charge >= 0.3 is 0 Å². The summed E-state index contributed by atoms with van der Waals surface area (Å²) in [6.07, 6.45) is 1.04. The Balaban J connectivity index is 3.48. The monoisotopic (exact) mass is 306 g/mol. The molecule has 0 saturated heterocycles. The van der Waals surface area contributed by atoms with Gasteiger partial charge < -0.3 is 5.32 Å². The Morgan fingerprint density at radius 2 is 1.68 bits per heavy atom. The highest BCUT2D eigenvalue weighted by atomic mass is 32.2. The molecule has 0 atom stereocenters. The van der Waals surface area contributed by atoms with E-state index in [2.05, 4.69) is 10.0 Å². The Hall–Kier alpha value is -1.12. The molecule has 0 unspecified atom stereocenters. The molecule has 0 aliphatic heterocycles. The minimum atomic E-state index is -3.76. The molecule has 1 aromatic rings. The standard InChI is InChI=1S/C11H18N2O4S2/c1-8(2)13-19(16,17)11-7-9(18(4,14)15)5-6-10(11)12-3/h5-8,12-13H,1-4H3. The van der Waals surface area contributed by atoms with E-state index >= 15 is 0 Å². The summed E-state index contributed by atoms with van der Waals surface area (Å²) >= 11 is 0. The van der Waals surface area contributed by atoms with Crippen molar-refractivity contribution in [3.8, 4) is 0 Å². The molecule has 6 nitrogen and oxygen atoms in total. The third kappa shape index (κ3) is 3.92. The van der Waals surface area contributed by atoms with E-state index in [-0.39, 0.29) is 15.8 Å². The Kier molecular flexibility index (Phi) is 4.59. The zero-order valence-corrected chi connectivity index (χ0v) is 12.9. The van der Waals surface area contributed by atoms with E-state index in [0.29, 0.717) is 5.69 Å². The van der Waals surface area contributed by atoms with Crippen LogP contribution in [0.5, 0.6) is 0 Å². The summed E-state index contributed by atoms with van der Waals surface area (Å²) < 4.78 is 49.7. The minimum absolute atomic E-state index is 0.0318. The van der Waals surface area contributed by atoms with Crippen LogP contribution in [0.1, 0.15) is 13.8 Å². The number of sulfonamides is 1. The van der Waals surface area contributed by atoms with Crippen LogP contribution >= 0.6 is 0 Å². The lowest BCUT2D eigenvalue weighted by atomic mass is 10.3. The largest absolute Gasteiger partial charge is 0.387 e. The average molecular weight is 306 g/mol. The van der Waals surface area contributed by atoms with Gasteiger partial charge in [0.25, 0.3) is 0 Å². The average Bonchev–Trinajstić information content (AvgIpc) is 2.25. The molecule has 19 heavy (non-hydrogen) atoms. The second-order valence-corrected chi connectivity index (χ2v) is 8.15. The van der Waals surface area contributed by atoms with Gasteiger partial charge in [0.05, 0.1) is 10.6 Å². The first-order valence-electron chi connectivity index (χ1n) is 5.62. The molecular weight excluding hydrogens is 288 g/mol. The van der Waals surface area contributed by atoms with Gasteiger partial charge in [-0.3, -0.25) is 0 Å². The molecule has 108 valence electrons. The third-order valence-corrected chi connectivity index (χ3v) is 5.14. The van der Waals surface area contributed by atoms with Crippen molar-refractivity contribution >= 4 is 25.5 Å². The highest BCUT2D eigenvalue weighted by molar-refractivity contribution is 7.91. The second kappa shape index (κ2) is 5.48. The summed E-state index contributed by atoms with van der Waals surface area (Å²) in [5.41, 5.74) is 0.348. The first-order chi connectivity index (χ1) is 8.58. The highest BCUT2D eigenvalue weighted by Gasteiger charge is 2.21. The van der Waals surface area contributed by atoms with Crippen LogP contribution in [0.15, 0.2) is 28.0 Å². The molecule has 0 fully saturated rings. The quantitative estimate of drug-likeness (QED) is 0.840. The molecule has 0 spiro atoms. The topological polar surface area (TPSA) is 92.3 Å². The summed E-state index contributed by atoms with van der Waals surface area (Å²) in [6.45, 7) is 3.38. The van der Waals surface area contributed by atoms with Crippen molar-refractivity contribution < 1.29 is 16.8 Å². The van der Waals surface area contributed by atoms with Crippen molar-refractivity contribution in [3.05, 3.63) is 18.2 Å². The van der Waals surface area contributed by atoms with Crippen molar-refractivity contribution in [2.24, 2.45) is 0 Å². The van der Waals surface area contributed by atoms with Gasteiger partial charge in [0.1, 0.15) is 4.90 Å². The van der Waals surface area contributed by atoms with Crippen molar-refractivity contribution in [1.82, 2.24) is 4.72 Å². The zero-order chi connectivity index (χ0) is 14.8. The molecule has 2 N–H and O–H groups in total. The first-order valence-corrected chi connectivity index (χ1v) is 8.99. The molecule has 0 saturated carbocycles. The number of benzene rings is 1. The predicted octanol–water partition coefficient (Wildman–Crippen LogP) is 0.818. The van der Waals surface area contributed by atoms with E-state index in [1.165, 1.54) is 12.1 Å². The minimum Gasteiger partial charge on any atom is -0.387 e. The number of hydrogen-bond donors (Lipinski definition) is 2. The van der Waals surface area contributed by atoms with E-state index in [4.69, 9.17) is 0 Å². The number of sulfone groups is 1. The van der Waals surface area contributed by atoms with Gasteiger partial charge in [-0.1, -0.05) is 0 Å². The molecule has 1 rings (SSSR count). The molecule has 0 bridgehead atoms. The summed E-state index contributed by atoms with van der Waals surface area (Å²) in [4.78, 5) is -0.109. The molecular formula is C11H18N2O4S2. The maximum absolute atomic E-state index is 12.2. The van der Waals surface area contributed by atoms with Crippen LogP contribution < -0.4 is 10.0 Å². The van der Waals surface area contributed by atoms with E-state index < -0.39 is 19.9 Å². The lowest BCUT2D eigenvalue weighted by Crippen LogP contribution is -2.30. The Morgan fingerprint density at radius 1 is 1.11 bits per heavy atom. The fourth-order valence-corrected chi connectivity index (χ4v) is 3.75. The van der Waals surface area contributed by atoms with Crippen LogP contribution in [0.3, 0.4) is 0 Å². The summed E-state index contributed by atoms with van der Waals surface area (Å²) in [6, 6.07) is 3.68. The Bertz CT molecular complexity index is 664. The van der Waals surface area contributed by atoms with E-state index in [1.54, 1.807) is 20.9 Å². The number of hydrogen-bond acceptors (Lipinski definition) is 5. The van der Waals surface area contributed by atoms with Crippen molar-refractivity contribution in [2.75, 3.05) is 18.6 Å². The summed E-state index contributed by atoms with van der Waals surface area (Å²) in [7, 11) is -5.65. The van der Waals surface area contributed by atoms with Crippen molar-refractivity contribution in [1.29, 1.82) is 0 Å². The first kappa shape index (κ1) is 15.9. The van der Waals surface area contributed by atoms with Crippen LogP contribution in [-0.4, -0.2) is 36.2 Å². The molecule has 8 heteroatoms. The fraction of sp³-hybridized carbons (Fsp3) is 0.455. The number of rotatable bonds is 5. The second-order valence-electron chi connectivity index (χ2n) is 4.46. The number of anilines is 1. The van der Waals surface area contributed by atoms with Gasteiger partial charge in [-0.15, -0.1) is 0 Å². The Labute approximate surface area is 114 Å². The van der Waals surface area contributed by atoms with Crippen LogP contribution in [0.25, 0.3) is 0 Å². The SMILES string of the molecule is CNc1ccc(S(C)(=O)=O)cc1S(=O)(=O)NC(C)C. The van der Waals surface area contributed by atoms with Crippen LogP contribution in [0.2, 0.25) is 0 Å². The van der Waals surface area contributed by atoms with Gasteiger partial charge in [-0.05, 0) is 32.0 Å². The Morgan fingerprint density at radius 3 is 2.11 bits per heavy atom. The van der Waals surface area contributed by atoms with Gasteiger partial charge in [0, 0.05) is 19.3 Å². The number of nitrogens with one attached hydrogen (secondary N) is 2. The van der Waals surface area contributed by atoms with Gasteiger partial charge in [-0.2, -0.15) is 0 Å². The summed E-state index contributed by atoms with van der Waals surface area (Å²) in [5, 5.41) is 2.74. The van der Waals surface area contributed by atoms with Crippen LogP contribution in [0, 0.1) is 0 Å². The van der Waals surface area contributed by atoms with Crippen molar-refractivity contribution in [2.45, 2.75) is 29.7 Å². The molecule has 0 amide bonds.